The van der Waals surface area contributed by atoms with Gasteiger partial charge >= 0.3 is 0 Å². The lowest BCUT2D eigenvalue weighted by Crippen LogP contribution is -2.39. The van der Waals surface area contributed by atoms with Crippen molar-refractivity contribution in [2.24, 2.45) is 0 Å². The van der Waals surface area contributed by atoms with Gasteiger partial charge in [0.25, 0.3) is 0 Å². The van der Waals surface area contributed by atoms with Crippen LogP contribution < -0.4 is 4.90 Å². The highest BCUT2D eigenvalue weighted by molar-refractivity contribution is 5.63. The van der Waals surface area contributed by atoms with E-state index in [0.717, 1.165) is 11.4 Å². The SMILES string of the molecule is c1ccc(-c2ccc3c(n2)C2CCN3CC2)nc1. The first-order valence-corrected chi connectivity index (χ1v) is 6.59. The van der Waals surface area contributed by atoms with Crippen LogP contribution in [0.1, 0.15) is 24.5 Å². The number of aromatic nitrogens is 2. The molecule has 3 heteroatoms. The van der Waals surface area contributed by atoms with Gasteiger partial charge in [-0.25, -0.2) is 4.98 Å². The van der Waals surface area contributed by atoms with Gasteiger partial charge in [0.1, 0.15) is 0 Å². The topological polar surface area (TPSA) is 29.0 Å². The van der Waals surface area contributed by atoms with Crippen LogP contribution in [0.5, 0.6) is 0 Å². The highest BCUT2D eigenvalue weighted by atomic mass is 15.2. The highest BCUT2D eigenvalue weighted by Crippen LogP contribution is 2.41. The molecule has 1 fully saturated rings. The molecule has 5 heterocycles. The molecule has 0 amide bonds. The summed E-state index contributed by atoms with van der Waals surface area (Å²) >= 11 is 0. The van der Waals surface area contributed by atoms with Crippen molar-refractivity contribution in [3.8, 4) is 11.4 Å². The Bertz CT molecular complexity index is 572. The van der Waals surface area contributed by atoms with Crippen molar-refractivity contribution >= 4 is 5.69 Å². The second-order valence-electron chi connectivity index (χ2n) is 5.08. The zero-order chi connectivity index (χ0) is 11.9. The number of nitrogens with zero attached hydrogens (tertiary/aromatic N) is 3. The third-order valence-electron chi connectivity index (χ3n) is 4.05. The van der Waals surface area contributed by atoms with Crippen LogP contribution in [0.3, 0.4) is 0 Å². The first kappa shape index (κ1) is 10.1. The average molecular weight is 237 g/mol. The molecule has 0 radical (unpaired) electrons. The van der Waals surface area contributed by atoms with E-state index in [9.17, 15) is 0 Å². The van der Waals surface area contributed by atoms with Gasteiger partial charge < -0.3 is 4.90 Å². The van der Waals surface area contributed by atoms with Gasteiger partial charge in [0.15, 0.2) is 0 Å². The maximum absolute atomic E-state index is 4.86. The van der Waals surface area contributed by atoms with Gasteiger partial charge in [-0.15, -0.1) is 0 Å². The molecule has 2 aromatic rings. The van der Waals surface area contributed by atoms with E-state index in [1.165, 1.54) is 37.3 Å². The molecule has 0 spiro atoms. The molecule has 90 valence electrons. The van der Waals surface area contributed by atoms with Crippen LogP contribution in [0.4, 0.5) is 5.69 Å². The van der Waals surface area contributed by atoms with Crippen LogP contribution in [0.15, 0.2) is 36.5 Å². The monoisotopic (exact) mass is 237 g/mol. The van der Waals surface area contributed by atoms with Crippen molar-refractivity contribution in [3.63, 3.8) is 0 Å². The summed E-state index contributed by atoms with van der Waals surface area (Å²) < 4.78 is 0. The quantitative estimate of drug-likeness (QED) is 0.763. The fraction of sp³-hybridized carbons (Fsp3) is 0.333. The molecule has 18 heavy (non-hydrogen) atoms. The molecule has 0 saturated carbocycles. The van der Waals surface area contributed by atoms with Gasteiger partial charge in [0, 0.05) is 25.2 Å². The van der Waals surface area contributed by atoms with Crippen LogP contribution in [-0.4, -0.2) is 23.1 Å². The third kappa shape index (κ3) is 1.43. The van der Waals surface area contributed by atoms with Gasteiger partial charge in [-0.3, -0.25) is 4.98 Å². The smallest absolute Gasteiger partial charge is 0.0891 e. The molecule has 0 atom stereocenters. The van der Waals surface area contributed by atoms with Gasteiger partial charge in [0.2, 0.25) is 0 Å². The van der Waals surface area contributed by atoms with Gasteiger partial charge in [-0.05, 0) is 37.1 Å². The highest BCUT2D eigenvalue weighted by Gasteiger charge is 2.31. The Hall–Kier alpha value is -1.90. The largest absolute Gasteiger partial charge is 0.370 e. The fourth-order valence-corrected chi connectivity index (χ4v) is 3.09. The number of hydrogen-bond donors (Lipinski definition) is 0. The number of anilines is 1. The minimum absolute atomic E-state index is 0.661. The maximum Gasteiger partial charge on any atom is 0.0891 e. The number of fused-ring (bicyclic) bond motifs is 2. The van der Waals surface area contributed by atoms with Crippen molar-refractivity contribution < 1.29 is 0 Å². The van der Waals surface area contributed by atoms with Crippen LogP contribution in [-0.2, 0) is 0 Å². The summed E-state index contributed by atoms with van der Waals surface area (Å²) in [5.74, 6) is 0.661. The summed E-state index contributed by atoms with van der Waals surface area (Å²) in [6.07, 6.45) is 4.34. The van der Waals surface area contributed by atoms with Crippen LogP contribution in [0, 0.1) is 0 Å². The van der Waals surface area contributed by atoms with Crippen molar-refractivity contribution in [3.05, 3.63) is 42.2 Å². The second kappa shape index (κ2) is 3.80. The predicted molar refractivity (Wildman–Crippen MR) is 71.7 cm³/mol. The van der Waals surface area contributed by atoms with E-state index in [0.29, 0.717) is 5.92 Å². The van der Waals surface area contributed by atoms with E-state index in [2.05, 4.69) is 22.0 Å². The third-order valence-corrected chi connectivity index (χ3v) is 4.05. The number of rotatable bonds is 1. The second-order valence-corrected chi connectivity index (χ2v) is 5.08. The average Bonchev–Trinajstić information content (AvgIpc) is 2.49. The molecule has 0 aromatic carbocycles. The van der Waals surface area contributed by atoms with E-state index in [-0.39, 0.29) is 0 Å². The minimum Gasteiger partial charge on any atom is -0.370 e. The Balaban J connectivity index is 1.83. The first-order chi connectivity index (χ1) is 8.92. The summed E-state index contributed by atoms with van der Waals surface area (Å²) in [4.78, 5) is 11.7. The molecule has 0 aliphatic carbocycles. The van der Waals surface area contributed by atoms with Crippen LogP contribution >= 0.6 is 0 Å². The van der Waals surface area contributed by atoms with Crippen molar-refractivity contribution in [1.82, 2.24) is 9.97 Å². The van der Waals surface area contributed by atoms with Gasteiger partial charge in [-0.1, -0.05) is 6.07 Å². The van der Waals surface area contributed by atoms with Crippen LogP contribution in [0.2, 0.25) is 0 Å². The number of hydrogen-bond acceptors (Lipinski definition) is 3. The minimum atomic E-state index is 0.661. The van der Waals surface area contributed by atoms with E-state index < -0.39 is 0 Å². The van der Waals surface area contributed by atoms with E-state index in [1.54, 1.807) is 0 Å². The molecule has 2 aromatic heterocycles. The van der Waals surface area contributed by atoms with E-state index >= 15 is 0 Å². The summed E-state index contributed by atoms with van der Waals surface area (Å²) in [5.41, 5.74) is 4.60. The Kier molecular flexibility index (Phi) is 2.13. The molecule has 2 bridgehead atoms. The first-order valence-electron chi connectivity index (χ1n) is 6.59. The number of piperidine rings is 1. The zero-order valence-electron chi connectivity index (χ0n) is 10.2. The zero-order valence-corrected chi connectivity index (χ0v) is 10.2. The van der Waals surface area contributed by atoms with Crippen molar-refractivity contribution in [2.75, 3.05) is 18.0 Å². The molecule has 1 saturated heterocycles. The summed E-state index contributed by atoms with van der Waals surface area (Å²) in [6.45, 7) is 2.39. The predicted octanol–water partition coefficient (Wildman–Crippen LogP) is 2.84. The molecule has 3 aliphatic heterocycles. The number of pyridine rings is 2. The lowest BCUT2D eigenvalue weighted by atomic mass is 9.86. The normalized spacial score (nSPS) is 17.9. The Morgan fingerprint density at radius 3 is 2.67 bits per heavy atom. The fourth-order valence-electron chi connectivity index (χ4n) is 3.09. The molecule has 5 rings (SSSR count). The Morgan fingerprint density at radius 1 is 1.00 bits per heavy atom. The summed E-state index contributed by atoms with van der Waals surface area (Å²) in [5, 5.41) is 0. The van der Waals surface area contributed by atoms with Crippen LogP contribution in [0.25, 0.3) is 11.4 Å². The molecule has 3 aliphatic rings. The standard InChI is InChI=1S/C15H15N3/c1-2-8-16-12(3-1)13-4-5-14-15(17-13)11-6-9-18(14)10-7-11/h1-5,8,11H,6-7,9-10H2. The van der Waals surface area contributed by atoms with Gasteiger partial charge in [-0.2, -0.15) is 0 Å². The molecule has 3 nitrogen and oxygen atoms in total. The lowest BCUT2D eigenvalue weighted by molar-refractivity contribution is 0.464. The van der Waals surface area contributed by atoms with Crippen molar-refractivity contribution in [2.45, 2.75) is 18.8 Å². The molecule has 0 N–H and O–H groups in total. The summed E-state index contributed by atoms with van der Waals surface area (Å²) in [6, 6.07) is 10.3. The molecular weight excluding hydrogens is 222 g/mol. The van der Waals surface area contributed by atoms with Gasteiger partial charge in [0.05, 0.1) is 22.8 Å². The maximum atomic E-state index is 4.86. The Labute approximate surface area is 107 Å². The van der Waals surface area contributed by atoms with E-state index in [4.69, 9.17) is 4.98 Å². The molecular formula is C15H15N3. The van der Waals surface area contributed by atoms with E-state index in [1.807, 2.05) is 24.4 Å². The summed E-state index contributed by atoms with van der Waals surface area (Å²) in [7, 11) is 0. The van der Waals surface area contributed by atoms with Crippen molar-refractivity contribution in [1.29, 1.82) is 0 Å². The molecule has 0 unspecified atom stereocenters. The lowest BCUT2D eigenvalue weighted by Gasteiger charge is -2.41. The Morgan fingerprint density at radius 2 is 1.89 bits per heavy atom.